The lowest BCUT2D eigenvalue weighted by Crippen LogP contribution is -3.08. The minimum Gasteiger partial charge on any atom is -0.493 e. The first kappa shape index (κ1) is 19.3. The number of carbonyl (C=O) groups is 1. The highest BCUT2D eigenvalue weighted by atomic mass is 79.9. The van der Waals surface area contributed by atoms with E-state index in [4.69, 9.17) is 9.47 Å². The van der Waals surface area contributed by atoms with Crippen LogP contribution in [0.25, 0.3) is 0 Å². The van der Waals surface area contributed by atoms with Crippen molar-refractivity contribution in [2.45, 2.75) is 13.5 Å². The highest BCUT2D eigenvalue weighted by Crippen LogP contribution is 2.29. The Morgan fingerprint density at radius 3 is 2.44 bits per heavy atom. The number of hydrogen-bond acceptors (Lipinski definition) is 3. The fourth-order valence-electron chi connectivity index (χ4n) is 2.63. The van der Waals surface area contributed by atoms with Crippen LogP contribution in [0.1, 0.15) is 11.1 Å². The predicted molar refractivity (Wildman–Crippen MR) is 103 cm³/mol. The number of halogens is 1. The fourth-order valence-corrected chi connectivity index (χ4v) is 3.02. The third-order valence-corrected chi connectivity index (χ3v) is 4.64. The maximum Gasteiger partial charge on any atom is 0.279 e. The zero-order chi connectivity index (χ0) is 18.4. The number of ether oxygens (including phenoxy) is 2. The van der Waals surface area contributed by atoms with E-state index in [1.165, 1.54) is 0 Å². The lowest BCUT2D eigenvalue weighted by Gasteiger charge is -2.17. The minimum atomic E-state index is -0.0254. The van der Waals surface area contributed by atoms with Gasteiger partial charge in [0.15, 0.2) is 18.0 Å². The molecule has 0 bridgehead atoms. The molecule has 1 amide bonds. The molecule has 25 heavy (non-hydrogen) atoms. The predicted octanol–water partition coefficient (Wildman–Crippen LogP) is 2.43. The summed E-state index contributed by atoms with van der Waals surface area (Å²) >= 11 is 3.44. The van der Waals surface area contributed by atoms with Gasteiger partial charge in [-0.15, -0.1) is 0 Å². The second-order valence-electron chi connectivity index (χ2n) is 5.97. The first-order valence-corrected chi connectivity index (χ1v) is 8.81. The maximum atomic E-state index is 12.3. The Kier molecular flexibility index (Phi) is 6.84. The lowest BCUT2D eigenvalue weighted by molar-refractivity contribution is -0.885. The van der Waals surface area contributed by atoms with Gasteiger partial charge >= 0.3 is 0 Å². The van der Waals surface area contributed by atoms with Crippen LogP contribution in [0.3, 0.4) is 0 Å². The van der Waals surface area contributed by atoms with E-state index in [9.17, 15) is 4.79 Å². The molecule has 2 rings (SSSR count). The summed E-state index contributed by atoms with van der Waals surface area (Å²) in [6.45, 7) is 3.12. The molecule has 0 aromatic heterocycles. The molecule has 2 aromatic rings. The summed E-state index contributed by atoms with van der Waals surface area (Å²) in [5.74, 6) is 1.39. The van der Waals surface area contributed by atoms with Crippen LogP contribution in [0.15, 0.2) is 40.9 Å². The molecule has 2 N–H and O–H groups in total. The number of likely N-dealkylation sites (N-methyl/N-ethyl adjacent to an activating group) is 1. The summed E-state index contributed by atoms with van der Waals surface area (Å²) < 4.78 is 11.6. The number of nitrogens with one attached hydrogen (secondary N) is 2. The number of methoxy groups -OCH3 is 2. The summed E-state index contributed by atoms with van der Waals surface area (Å²) in [5.41, 5.74) is 3.02. The first-order chi connectivity index (χ1) is 11.9. The Morgan fingerprint density at radius 1 is 1.16 bits per heavy atom. The average molecular weight is 408 g/mol. The van der Waals surface area contributed by atoms with Gasteiger partial charge in [-0.3, -0.25) is 4.79 Å². The Hall–Kier alpha value is -2.05. The van der Waals surface area contributed by atoms with Crippen LogP contribution in [0, 0.1) is 6.92 Å². The van der Waals surface area contributed by atoms with Crippen LogP contribution in [-0.2, 0) is 11.3 Å². The van der Waals surface area contributed by atoms with Gasteiger partial charge in [-0.1, -0.05) is 12.1 Å². The van der Waals surface area contributed by atoms with Crippen LogP contribution >= 0.6 is 15.9 Å². The van der Waals surface area contributed by atoms with Crippen molar-refractivity contribution in [2.75, 3.05) is 33.1 Å². The van der Waals surface area contributed by atoms with Crippen LogP contribution in [0.2, 0.25) is 0 Å². The Bertz CT molecular complexity index is 749. The number of aryl methyl sites for hydroxylation is 1. The molecule has 0 heterocycles. The number of anilines is 1. The molecule has 134 valence electrons. The van der Waals surface area contributed by atoms with Gasteiger partial charge < -0.3 is 19.7 Å². The number of rotatable bonds is 7. The third-order valence-electron chi connectivity index (χ3n) is 3.94. The highest BCUT2D eigenvalue weighted by Gasteiger charge is 2.15. The van der Waals surface area contributed by atoms with E-state index < -0.39 is 0 Å². The molecule has 5 nitrogen and oxygen atoms in total. The smallest absolute Gasteiger partial charge is 0.279 e. The quantitative estimate of drug-likeness (QED) is 0.740. The Morgan fingerprint density at radius 2 is 1.80 bits per heavy atom. The standard InChI is InChI=1S/C19H23BrN2O3/c1-13-9-17(24-3)18(25-4)10-14(13)11-22(2)12-19(23)21-16-8-6-5-7-15(16)20/h5-10H,11-12H2,1-4H3,(H,21,23)/p+1. The summed E-state index contributed by atoms with van der Waals surface area (Å²) in [7, 11) is 5.24. The maximum absolute atomic E-state index is 12.3. The summed E-state index contributed by atoms with van der Waals surface area (Å²) in [6, 6.07) is 11.5. The second-order valence-corrected chi connectivity index (χ2v) is 6.83. The van der Waals surface area contributed by atoms with E-state index in [2.05, 4.69) is 21.2 Å². The van der Waals surface area contributed by atoms with Crippen molar-refractivity contribution in [2.24, 2.45) is 0 Å². The van der Waals surface area contributed by atoms with E-state index >= 15 is 0 Å². The van der Waals surface area contributed by atoms with Gasteiger partial charge in [-0.05, 0) is 52.7 Å². The second kappa shape index (κ2) is 8.87. The molecule has 0 radical (unpaired) electrons. The topological polar surface area (TPSA) is 52.0 Å². The van der Waals surface area contributed by atoms with Gasteiger partial charge in [0.1, 0.15) is 6.54 Å². The highest BCUT2D eigenvalue weighted by molar-refractivity contribution is 9.10. The molecular weight excluding hydrogens is 384 g/mol. The molecule has 0 spiro atoms. The molecule has 0 aliphatic carbocycles. The SMILES string of the molecule is COc1cc(C)c(C[NH+](C)CC(=O)Nc2ccccc2Br)cc1OC. The lowest BCUT2D eigenvalue weighted by atomic mass is 10.1. The van der Waals surface area contributed by atoms with Crippen LogP contribution < -0.4 is 19.7 Å². The van der Waals surface area contributed by atoms with Crippen LogP contribution in [0.5, 0.6) is 11.5 Å². The number of benzene rings is 2. The van der Waals surface area contributed by atoms with E-state index in [0.717, 1.165) is 32.7 Å². The molecule has 0 saturated carbocycles. The van der Waals surface area contributed by atoms with Crippen molar-refractivity contribution < 1.29 is 19.2 Å². The number of quaternary nitrogens is 1. The number of para-hydroxylation sites is 1. The summed E-state index contributed by atoms with van der Waals surface area (Å²) in [5, 5.41) is 2.93. The molecule has 2 aromatic carbocycles. The minimum absolute atomic E-state index is 0.0254. The molecule has 6 heteroatoms. The number of hydrogen-bond donors (Lipinski definition) is 2. The molecular formula is C19H24BrN2O3+. The van der Waals surface area contributed by atoms with E-state index in [1.807, 2.05) is 50.4 Å². The number of amides is 1. The van der Waals surface area contributed by atoms with Gasteiger partial charge in [0.05, 0.1) is 27.0 Å². The molecule has 1 unspecified atom stereocenters. The summed E-state index contributed by atoms with van der Waals surface area (Å²) in [6.07, 6.45) is 0. The zero-order valence-electron chi connectivity index (χ0n) is 15.0. The van der Waals surface area contributed by atoms with Gasteiger partial charge in [-0.2, -0.15) is 0 Å². The van der Waals surface area contributed by atoms with Crippen molar-refractivity contribution in [1.82, 2.24) is 0 Å². The van der Waals surface area contributed by atoms with E-state index in [-0.39, 0.29) is 5.91 Å². The van der Waals surface area contributed by atoms with Crippen molar-refractivity contribution in [3.8, 4) is 11.5 Å². The fraction of sp³-hybridized carbons (Fsp3) is 0.316. The van der Waals surface area contributed by atoms with Crippen LogP contribution in [0.4, 0.5) is 5.69 Å². The largest absolute Gasteiger partial charge is 0.493 e. The van der Waals surface area contributed by atoms with Crippen molar-refractivity contribution in [3.63, 3.8) is 0 Å². The van der Waals surface area contributed by atoms with Gasteiger partial charge in [0.25, 0.3) is 5.91 Å². The van der Waals surface area contributed by atoms with Crippen molar-refractivity contribution >= 4 is 27.5 Å². The molecule has 0 fully saturated rings. The first-order valence-electron chi connectivity index (χ1n) is 8.01. The van der Waals surface area contributed by atoms with Crippen molar-refractivity contribution in [1.29, 1.82) is 0 Å². The zero-order valence-corrected chi connectivity index (χ0v) is 16.6. The van der Waals surface area contributed by atoms with Gasteiger partial charge in [0.2, 0.25) is 0 Å². The van der Waals surface area contributed by atoms with Gasteiger partial charge in [0, 0.05) is 10.0 Å². The van der Waals surface area contributed by atoms with Crippen molar-refractivity contribution in [3.05, 3.63) is 52.0 Å². The Balaban J connectivity index is 2.01. The summed E-state index contributed by atoms with van der Waals surface area (Å²) in [4.78, 5) is 13.4. The molecule has 1 atom stereocenters. The van der Waals surface area contributed by atoms with Crippen LogP contribution in [-0.4, -0.2) is 33.7 Å². The molecule has 0 aliphatic rings. The average Bonchev–Trinajstić information content (AvgIpc) is 2.58. The normalized spacial score (nSPS) is 11.7. The van der Waals surface area contributed by atoms with E-state index in [1.54, 1.807) is 14.2 Å². The molecule has 0 aliphatic heterocycles. The Labute approximate surface area is 157 Å². The van der Waals surface area contributed by atoms with E-state index in [0.29, 0.717) is 18.0 Å². The monoisotopic (exact) mass is 407 g/mol. The third kappa shape index (κ3) is 5.21. The van der Waals surface area contributed by atoms with Gasteiger partial charge in [-0.25, -0.2) is 0 Å². The molecule has 0 saturated heterocycles. The number of carbonyl (C=O) groups excluding carboxylic acids is 1.